The molecule has 1 aromatic carbocycles. The van der Waals surface area contributed by atoms with Gasteiger partial charge in [-0.1, -0.05) is 18.2 Å². The molecule has 2 N–H and O–H groups in total. The maximum absolute atomic E-state index is 12.2. The monoisotopic (exact) mass is 318 g/mol. The standard InChI is InChI=1S/C17H22N2O4/c1-17(2,3)23-16(22)19(11-15(20)21)9-8-12-10-18-14-7-5-4-6-13(12)14/h4-7,10,18H,8-9,11H2,1-3H3,(H,20,21). The zero-order valence-electron chi connectivity index (χ0n) is 13.6. The average molecular weight is 318 g/mol. The molecule has 2 aromatic rings. The number of ether oxygens (including phenoxy) is 1. The van der Waals surface area contributed by atoms with Gasteiger partial charge in [0.1, 0.15) is 12.1 Å². The lowest BCUT2D eigenvalue weighted by Gasteiger charge is -2.26. The molecule has 1 aromatic heterocycles. The zero-order valence-corrected chi connectivity index (χ0v) is 13.6. The Kier molecular flexibility index (Phi) is 4.93. The van der Waals surface area contributed by atoms with Crippen molar-refractivity contribution >= 4 is 23.0 Å². The second-order valence-electron chi connectivity index (χ2n) is 6.41. The van der Waals surface area contributed by atoms with Crippen LogP contribution in [-0.2, 0) is 16.0 Å². The summed E-state index contributed by atoms with van der Waals surface area (Å²) in [6.07, 6.45) is 1.83. The summed E-state index contributed by atoms with van der Waals surface area (Å²) >= 11 is 0. The summed E-state index contributed by atoms with van der Waals surface area (Å²) in [6, 6.07) is 7.86. The van der Waals surface area contributed by atoms with Gasteiger partial charge in [0.25, 0.3) is 0 Å². The first-order chi connectivity index (χ1) is 10.8. The number of amides is 1. The largest absolute Gasteiger partial charge is 0.480 e. The number of H-pyrrole nitrogens is 1. The number of aromatic nitrogens is 1. The highest BCUT2D eigenvalue weighted by Crippen LogP contribution is 2.19. The molecule has 124 valence electrons. The summed E-state index contributed by atoms with van der Waals surface area (Å²) in [5.74, 6) is -1.06. The normalized spacial score (nSPS) is 11.4. The summed E-state index contributed by atoms with van der Waals surface area (Å²) in [5.41, 5.74) is 1.40. The molecule has 0 aliphatic rings. The Morgan fingerprint density at radius 2 is 1.96 bits per heavy atom. The van der Waals surface area contributed by atoms with Crippen molar-refractivity contribution in [3.8, 4) is 0 Å². The number of hydrogen-bond donors (Lipinski definition) is 2. The van der Waals surface area contributed by atoms with Crippen LogP contribution in [0.2, 0.25) is 0 Å². The molecule has 0 radical (unpaired) electrons. The fourth-order valence-electron chi connectivity index (χ4n) is 2.32. The van der Waals surface area contributed by atoms with E-state index < -0.39 is 17.7 Å². The Morgan fingerprint density at radius 1 is 1.26 bits per heavy atom. The number of aliphatic carboxylic acids is 1. The van der Waals surface area contributed by atoms with Crippen molar-refractivity contribution in [1.29, 1.82) is 0 Å². The van der Waals surface area contributed by atoms with Crippen molar-refractivity contribution in [2.45, 2.75) is 32.8 Å². The van der Waals surface area contributed by atoms with Crippen LogP contribution in [0.25, 0.3) is 10.9 Å². The van der Waals surface area contributed by atoms with Crippen LogP contribution >= 0.6 is 0 Å². The number of fused-ring (bicyclic) bond motifs is 1. The van der Waals surface area contributed by atoms with Crippen molar-refractivity contribution in [1.82, 2.24) is 9.88 Å². The van der Waals surface area contributed by atoms with E-state index in [0.29, 0.717) is 6.42 Å². The van der Waals surface area contributed by atoms with Gasteiger partial charge in [-0.05, 0) is 38.8 Å². The smallest absolute Gasteiger partial charge is 0.410 e. The Bertz CT molecular complexity index is 700. The van der Waals surface area contributed by atoms with Gasteiger partial charge in [0.05, 0.1) is 0 Å². The molecule has 1 heterocycles. The van der Waals surface area contributed by atoms with Crippen LogP contribution in [0.3, 0.4) is 0 Å². The fraction of sp³-hybridized carbons (Fsp3) is 0.412. The number of carboxylic acids is 1. The van der Waals surface area contributed by atoms with Crippen molar-refractivity contribution in [3.63, 3.8) is 0 Å². The number of carbonyl (C=O) groups is 2. The van der Waals surface area contributed by atoms with Gasteiger partial charge in [-0.15, -0.1) is 0 Å². The third kappa shape index (κ3) is 4.74. The van der Waals surface area contributed by atoms with Crippen LogP contribution in [0.1, 0.15) is 26.3 Å². The predicted molar refractivity (Wildman–Crippen MR) is 87.4 cm³/mol. The number of nitrogens with one attached hydrogen (secondary N) is 1. The zero-order chi connectivity index (χ0) is 17.0. The molecule has 0 atom stereocenters. The van der Waals surface area contributed by atoms with Gasteiger partial charge >= 0.3 is 12.1 Å². The van der Waals surface area contributed by atoms with Crippen LogP contribution in [0, 0.1) is 0 Å². The average Bonchev–Trinajstić information content (AvgIpc) is 2.84. The van der Waals surface area contributed by atoms with Crippen molar-refractivity contribution in [3.05, 3.63) is 36.0 Å². The molecule has 23 heavy (non-hydrogen) atoms. The fourth-order valence-corrected chi connectivity index (χ4v) is 2.32. The van der Waals surface area contributed by atoms with E-state index in [1.54, 1.807) is 20.8 Å². The summed E-state index contributed by atoms with van der Waals surface area (Å²) in [5, 5.41) is 10.1. The maximum Gasteiger partial charge on any atom is 0.410 e. The molecule has 0 aliphatic heterocycles. The van der Waals surface area contributed by atoms with E-state index >= 15 is 0 Å². The molecule has 6 heteroatoms. The van der Waals surface area contributed by atoms with E-state index in [9.17, 15) is 9.59 Å². The topological polar surface area (TPSA) is 82.6 Å². The summed E-state index contributed by atoms with van der Waals surface area (Å²) in [7, 11) is 0. The van der Waals surface area contributed by atoms with Crippen molar-refractivity contribution in [2.75, 3.05) is 13.1 Å². The Balaban J connectivity index is 2.08. The number of carbonyl (C=O) groups excluding carboxylic acids is 1. The van der Waals surface area contributed by atoms with E-state index in [1.165, 1.54) is 4.90 Å². The van der Waals surface area contributed by atoms with E-state index in [2.05, 4.69) is 4.98 Å². The Hall–Kier alpha value is -2.50. The molecule has 0 bridgehead atoms. The van der Waals surface area contributed by atoms with Gasteiger partial charge in [-0.25, -0.2) is 4.79 Å². The summed E-state index contributed by atoms with van der Waals surface area (Å²) in [4.78, 5) is 27.5. The van der Waals surface area contributed by atoms with E-state index in [0.717, 1.165) is 16.5 Å². The van der Waals surface area contributed by atoms with Crippen LogP contribution in [0.15, 0.2) is 30.5 Å². The van der Waals surface area contributed by atoms with Gasteiger partial charge < -0.3 is 14.8 Å². The van der Waals surface area contributed by atoms with E-state index in [-0.39, 0.29) is 13.1 Å². The molecule has 0 unspecified atom stereocenters. The lowest BCUT2D eigenvalue weighted by atomic mass is 10.1. The first-order valence-corrected chi connectivity index (χ1v) is 7.51. The molecule has 6 nitrogen and oxygen atoms in total. The lowest BCUT2D eigenvalue weighted by Crippen LogP contribution is -2.40. The molecular weight excluding hydrogens is 296 g/mol. The second kappa shape index (κ2) is 6.73. The predicted octanol–water partition coefficient (Wildman–Crippen LogP) is 3.03. The quantitative estimate of drug-likeness (QED) is 0.887. The molecular formula is C17H22N2O4. The number of benzene rings is 1. The molecule has 0 spiro atoms. The van der Waals surface area contributed by atoms with Crippen molar-refractivity contribution < 1.29 is 19.4 Å². The van der Waals surface area contributed by atoms with Gasteiger partial charge in [0, 0.05) is 23.6 Å². The van der Waals surface area contributed by atoms with E-state index in [4.69, 9.17) is 9.84 Å². The maximum atomic E-state index is 12.2. The molecule has 2 rings (SSSR count). The van der Waals surface area contributed by atoms with Gasteiger partial charge in [-0.3, -0.25) is 9.69 Å². The molecule has 1 amide bonds. The Morgan fingerprint density at radius 3 is 2.61 bits per heavy atom. The van der Waals surface area contributed by atoms with Crippen LogP contribution in [0.4, 0.5) is 4.79 Å². The van der Waals surface area contributed by atoms with Crippen LogP contribution in [-0.4, -0.2) is 45.7 Å². The molecule has 0 saturated carbocycles. The first-order valence-electron chi connectivity index (χ1n) is 7.51. The van der Waals surface area contributed by atoms with Crippen LogP contribution < -0.4 is 0 Å². The number of aromatic amines is 1. The highest BCUT2D eigenvalue weighted by atomic mass is 16.6. The minimum atomic E-state index is -1.06. The highest BCUT2D eigenvalue weighted by Gasteiger charge is 2.23. The number of para-hydroxylation sites is 1. The van der Waals surface area contributed by atoms with Gasteiger partial charge in [0.2, 0.25) is 0 Å². The third-order valence-corrected chi connectivity index (χ3v) is 3.30. The molecule has 0 fully saturated rings. The van der Waals surface area contributed by atoms with Gasteiger partial charge in [0.15, 0.2) is 0 Å². The molecule has 0 aliphatic carbocycles. The lowest BCUT2D eigenvalue weighted by molar-refractivity contribution is -0.138. The van der Waals surface area contributed by atoms with E-state index in [1.807, 2.05) is 30.5 Å². The minimum absolute atomic E-state index is 0.281. The van der Waals surface area contributed by atoms with Crippen molar-refractivity contribution in [2.24, 2.45) is 0 Å². The SMILES string of the molecule is CC(C)(C)OC(=O)N(CCc1c[nH]c2ccccc12)CC(=O)O. The summed E-state index contributed by atoms with van der Waals surface area (Å²) < 4.78 is 5.27. The second-order valence-corrected chi connectivity index (χ2v) is 6.41. The van der Waals surface area contributed by atoms with Crippen LogP contribution in [0.5, 0.6) is 0 Å². The molecule has 0 saturated heterocycles. The summed E-state index contributed by atoms with van der Waals surface area (Å²) in [6.45, 7) is 5.16. The number of carboxylic acid groups (broad SMARTS) is 1. The number of hydrogen-bond acceptors (Lipinski definition) is 3. The number of rotatable bonds is 5. The number of nitrogens with zero attached hydrogens (tertiary/aromatic N) is 1. The first kappa shape index (κ1) is 16.9. The third-order valence-electron chi connectivity index (χ3n) is 3.30. The Labute approximate surface area is 135 Å². The van der Waals surface area contributed by atoms with Gasteiger partial charge in [-0.2, -0.15) is 0 Å². The minimum Gasteiger partial charge on any atom is -0.480 e. The highest BCUT2D eigenvalue weighted by molar-refractivity contribution is 5.83.